The number of benzene rings is 2. The second-order valence-corrected chi connectivity index (χ2v) is 6.67. The van der Waals surface area contributed by atoms with E-state index in [2.05, 4.69) is 5.32 Å². The van der Waals surface area contributed by atoms with Crippen LogP contribution in [0.3, 0.4) is 0 Å². The van der Waals surface area contributed by atoms with Gasteiger partial charge in [-0.3, -0.25) is 0 Å². The minimum atomic E-state index is -3.31. The number of para-hydroxylation sites is 1. The van der Waals surface area contributed by atoms with Gasteiger partial charge in [-0.15, -0.1) is 0 Å². The Kier molecular flexibility index (Phi) is 4.09. The normalized spacial score (nSPS) is 12.9. The molecular weight excluding hydrogens is 277 g/mol. The summed E-state index contributed by atoms with van der Waals surface area (Å²) in [5.41, 5.74) is 1.28. The molecule has 0 aliphatic rings. The highest BCUT2D eigenvalue weighted by molar-refractivity contribution is 7.90. The van der Waals surface area contributed by atoms with Gasteiger partial charge in [0, 0.05) is 12.3 Å². The van der Waals surface area contributed by atoms with Crippen LogP contribution in [-0.4, -0.2) is 14.7 Å². The van der Waals surface area contributed by atoms with E-state index in [1.807, 2.05) is 6.92 Å². The molecule has 0 saturated carbocycles. The SMILES string of the molecule is CC(Nc1ccccc1S(C)(=O)=O)c1cccc(F)c1. The van der Waals surface area contributed by atoms with E-state index in [0.29, 0.717) is 5.69 Å². The van der Waals surface area contributed by atoms with Gasteiger partial charge in [0.2, 0.25) is 0 Å². The Hall–Kier alpha value is -1.88. The van der Waals surface area contributed by atoms with Crippen LogP contribution >= 0.6 is 0 Å². The summed E-state index contributed by atoms with van der Waals surface area (Å²) in [7, 11) is -3.31. The summed E-state index contributed by atoms with van der Waals surface area (Å²) in [4.78, 5) is 0.239. The van der Waals surface area contributed by atoms with E-state index >= 15 is 0 Å². The minimum absolute atomic E-state index is 0.200. The summed E-state index contributed by atoms with van der Waals surface area (Å²) in [6, 6.07) is 12.7. The van der Waals surface area contributed by atoms with Gasteiger partial charge in [-0.25, -0.2) is 12.8 Å². The van der Waals surface area contributed by atoms with Crippen molar-refractivity contribution in [1.29, 1.82) is 0 Å². The molecule has 1 unspecified atom stereocenters. The third-order valence-electron chi connectivity index (χ3n) is 3.01. The number of rotatable bonds is 4. The Bertz CT molecular complexity index is 713. The lowest BCUT2D eigenvalue weighted by Crippen LogP contribution is -2.10. The van der Waals surface area contributed by atoms with Crippen LogP contribution in [0.15, 0.2) is 53.4 Å². The molecule has 0 aliphatic heterocycles. The fourth-order valence-corrected chi connectivity index (χ4v) is 2.85. The largest absolute Gasteiger partial charge is 0.377 e. The topological polar surface area (TPSA) is 46.2 Å². The van der Waals surface area contributed by atoms with Gasteiger partial charge in [-0.05, 0) is 36.8 Å². The molecule has 0 fully saturated rings. The van der Waals surface area contributed by atoms with Crippen molar-refractivity contribution in [3.05, 3.63) is 59.9 Å². The van der Waals surface area contributed by atoms with Crippen LogP contribution in [0.1, 0.15) is 18.5 Å². The average molecular weight is 293 g/mol. The summed E-state index contributed by atoms with van der Waals surface area (Å²) in [6.07, 6.45) is 1.17. The van der Waals surface area contributed by atoms with Gasteiger partial charge in [-0.1, -0.05) is 24.3 Å². The summed E-state index contributed by atoms with van der Waals surface area (Å²) >= 11 is 0. The predicted octanol–water partition coefficient (Wildman–Crippen LogP) is 3.40. The third kappa shape index (κ3) is 3.36. The molecule has 0 radical (unpaired) electrons. The van der Waals surface area contributed by atoms with Gasteiger partial charge in [0.15, 0.2) is 9.84 Å². The van der Waals surface area contributed by atoms with Crippen LogP contribution in [0, 0.1) is 5.82 Å². The summed E-state index contributed by atoms with van der Waals surface area (Å²) in [6.45, 7) is 1.85. The standard InChI is InChI=1S/C15H16FNO2S/c1-11(12-6-5-7-13(16)10-12)17-14-8-3-4-9-15(14)20(2,18)19/h3-11,17H,1-2H3. The van der Waals surface area contributed by atoms with Crippen LogP contribution < -0.4 is 5.32 Å². The Balaban J connectivity index is 2.31. The van der Waals surface area contributed by atoms with E-state index in [1.165, 1.54) is 18.4 Å². The van der Waals surface area contributed by atoms with Crippen LogP contribution in [0.25, 0.3) is 0 Å². The average Bonchev–Trinajstić information content (AvgIpc) is 2.38. The van der Waals surface area contributed by atoms with E-state index in [0.717, 1.165) is 5.56 Å². The van der Waals surface area contributed by atoms with E-state index in [-0.39, 0.29) is 16.8 Å². The second-order valence-electron chi connectivity index (χ2n) is 4.69. The summed E-state index contributed by atoms with van der Waals surface area (Å²) < 4.78 is 36.7. The first-order valence-electron chi connectivity index (χ1n) is 6.19. The molecule has 0 spiro atoms. The molecule has 0 heterocycles. The first-order valence-corrected chi connectivity index (χ1v) is 8.08. The fourth-order valence-electron chi connectivity index (χ4n) is 2.00. The summed E-state index contributed by atoms with van der Waals surface area (Å²) in [5.74, 6) is -0.312. The van der Waals surface area contributed by atoms with Crippen molar-refractivity contribution >= 4 is 15.5 Å². The Morgan fingerprint density at radius 1 is 1.10 bits per heavy atom. The van der Waals surface area contributed by atoms with E-state index in [4.69, 9.17) is 0 Å². The first kappa shape index (κ1) is 14.5. The van der Waals surface area contributed by atoms with Crippen molar-refractivity contribution in [2.75, 3.05) is 11.6 Å². The highest BCUT2D eigenvalue weighted by Crippen LogP contribution is 2.25. The number of anilines is 1. The van der Waals surface area contributed by atoms with Gasteiger partial charge in [0.05, 0.1) is 10.6 Å². The third-order valence-corrected chi connectivity index (χ3v) is 4.16. The molecule has 0 aliphatic carbocycles. The van der Waals surface area contributed by atoms with E-state index in [1.54, 1.807) is 36.4 Å². The van der Waals surface area contributed by atoms with Crippen LogP contribution in [-0.2, 0) is 9.84 Å². The Morgan fingerprint density at radius 2 is 1.80 bits per heavy atom. The van der Waals surface area contributed by atoms with Crippen molar-refractivity contribution in [2.45, 2.75) is 17.9 Å². The van der Waals surface area contributed by atoms with E-state index < -0.39 is 9.84 Å². The zero-order chi connectivity index (χ0) is 14.8. The molecule has 5 heteroatoms. The molecule has 2 rings (SSSR count). The Morgan fingerprint density at radius 3 is 2.45 bits per heavy atom. The molecule has 2 aromatic carbocycles. The number of hydrogen-bond donors (Lipinski definition) is 1. The van der Waals surface area contributed by atoms with E-state index in [9.17, 15) is 12.8 Å². The van der Waals surface area contributed by atoms with Crippen LogP contribution in [0.4, 0.5) is 10.1 Å². The fraction of sp³-hybridized carbons (Fsp3) is 0.200. The lowest BCUT2D eigenvalue weighted by atomic mass is 10.1. The van der Waals surface area contributed by atoms with Gasteiger partial charge in [0.25, 0.3) is 0 Å². The predicted molar refractivity (Wildman–Crippen MR) is 78.0 cm³/mol. The van der Waals surface area contributed by atoms with Crippen molar-refractivity contribution < 1.29 is 12.8 Å². The molecule has 20 heavy (non-hydrogen) atoms. The molecule has 0 aromatic heterocycles. The monoisotopic (exact) mass is 293 g/mol. The quantitative estimate of drug-likeness (QED) is 0.939. The molecule has 1 atom stereocenters. The van der Waals surface area contributed by atoms with Crippen molar-refractivity contribution in [3.8, 4) is 0 Å². The van der Waals surface area contributed by atoms with Crippen molar-refractivity contribution in [1.82, 2.24) is 0 Å². The summed E-state index contributed by atoms with van der Waals surface area (Å²) in [5, 5.41) is 3.11. The number of halogens is 1. The van der Waals surface area contributed by atoms with Gasteiger partial charge >= 0.3 is 0 Å². The highest BCUT2D eigenvalue weighted by Gasteiger charge is 2.14. The molecule has 3 nitrogen and oxygen atoms in total. The molecule has 0 bridgehead atoms. The van der Waals surface area contributed by atoms with Crippen molar-refractivity contribution in [2.24, 2.45) is 0 Å². The van der Waals surface area contributed by atoms with Gasteiger partial charge < -0.3 is 5.32 Å². The second kappa shape index (κ2) is 5.63. The smallest absolute Gasteiger partial charge is 0.177 e. The zero-order valence-electron chi connectivity index (χ0n) is 11.3. The van der Waals surface area contributed by atoms with Gasteiger partial charge in [0.1, 0.15) is 5.82 Å². The highest BCUT2D eigenvalue weighted by atomic mass is 32.2. The molecule has 2 aromatic rings. The maximum Gasteiger partial charge on any atom is 0.177 e. The molecule has 106 valence electrons. The number of hydrogen-bond acceptors (Lipinski definition) is 3. The molecule has 0 amide bonds. The van der Waals surface area contributed by atoms with Gasteiger partial charge in [-0.2, -0.15) is 0 Å². The van der Waals surface area contributed by atoms with Crippen molar-refractivity contribution in [3.63, 3.8) is 0 Å². The molecular formula is C15H16FNO2S. The lowest BCUT2D eigenvalue weighted by Gasteiger charge is -2.18. The maximum atomic E-state index is 13.2. The first-order chi connectivity index (χ1) is 9.38. The van der Waals surface area contributed by atoms with Crippen LogP contribution in [0.5, 0.6) is 0 Å². The minimum Gasteiger partial charge on any atom is -0.377 e. The maximum absolute atomic E-state index is 13.2. The lowest BCUT2D eigenvalue weighted by molar-refractivity contribution is 0.602. The number of nitrogens with one attached hydrogen (secondary N) is 1. The molecule has 0 saturated heterocycles. The molecule has 1 N–H and O–H groups in total. The zero-order valence-corrected chi connectivity index (χ0v) is 12.1. The van der Waals surface area contributed by atoms with Crippen LogP contribution in [0.2, 0.25) is 0 Å². The number of sulfone groups is 1. The Labute approximate surface area is 118 Å².